The van der Waals surface area contributed by atoms with Crippen LogP contribution in [0, 0.1) is 0 Å². The van der Waals surface area contributed by atoms with Crippen molar-refractivity contribution in [3.05, 3.63) is 46.7 Å². The van der Waals surface area contributed by atoms with Crippen LogP contribution in [0.1, 0.15) is 18.7 Å². The number of carbonyl (C=O) groups is 3. The Morgan fingerprint density at radius 1 is 1.15 bits per heavy atom. The summed E-state index contributed by atoms with van der Waals surface area (Å²) in [7, 11) is 0. The van der Waals surface area contributed by atoms with E-state index in [1.165, 1.54) is 18.7 Å². The highest BCUT2D eigenvalue weighted by molar-refractivity contribution is 8.00. The first kappa shape index (κ1) is 21.0. The van der Waals surface area contributed by atoms with Crippen LogP contribution in [-0.4, -0.2) is 41.5 Å². The third-order valence-corrected chi connectivity index (χ3v) is 5.52. The Morgan fingerprint density at radius 2 is 1.89 bits per heavy atom. The number of nitrogens with zero attached hydrogens (tertiary/aromatic N) is 1. The molecule has 0 fully saturated rings. The van der Waals surface area contributed by atoms with Gasteiger partial charge in [-0.15, -0.1) is 23.1 Å². The second-order valence-electron chi connectivity index (χ2n) is 5.76. The number of hydrogen-bond acceptors (Lipinski definition) is 5. The van der Waals surface area contributed by atoms with Gasteiger partial charge in [-0.2, -0.15) is 0 Å². The minimum Gasteiger partial charge on any atom is -0.350 e. The van der Waals surface area contributed by atoms with Crippen molar-refractivity contribution in [2.45, 2.75) is 25.3 Å². The monoisotopic (exact) mass is 405 g/mol. The van der Waals surface area contributed by atoms with Gasteiger partial charge in [-0.1, -0.05) is 6.07 Å². The summed E-state index contributed by atoms with van der Waals surface area (Å²) in [5.41, 5.74) is 0.718. The molecule has 0 atom stereocenters. The van der Waals surface area contributed by atoms with E-state index in [1.54, 1.807) is 28.4 Å². The summed E-state index contributed by atoms with van der Waals surface area (Å²) in [5.74, 6) is -0.115. The summed E-state index contributed by atoms with van der Waals surface area (Å²) in [4.78, 5) is 39.0. The summed E-state index contributed by atoms with van der Waals surface area (Å²) < 4.78 is 0. The molecule has 0 saturated carbocycles. The first-order valence-electron chi connectivity index (χ1n) is 8.55. The maximum Gasteiger partial charge on any atom is 0.239 e. The SMILES string of the molecule is CCN(CC(=O)NCc1cccs1)C(=O)CSc1ccc(NC(C)=O)cc1. The molecule has 1 heterocycles. The van der Waals surface area contributed by atoms with Crippen LogP contribution in [0.15, 0.2) is 46.7 Å². The Balaban J connectivity index is 1.78. The number of rotatable bonds is 9. The van der Waals surface area contributed by atoms with Gasteiger partial charge < -0.3 is 15.5 Å². The molecule has 3 amide bonds. The van der Waals surface area contributed by atoms with Crippen LogP contribution >= 0.6 is 23.1 Å². The molecule has 0 radical (unpaired) electrons. The summed E-state index contributed by atoms with van der Waals surface area (Å²) in [6.45, 7) is 4.34. The molecule has 8 heteroatoms. The van der Waals surface area contributed by atoms with E-state index in [-0.39, 0.29) is 30.0 Å². The zero-order chi connectivity index (χ0) is 19.6. The predicted molar refractivity (Wildman–Crippen MR) is 110 cm³/mol. The molecule has 0 spiro atoms. The average Bonchev–Trinajstić information content (AvgIpc) is 3.16. The largest absolute Gasteiger partial charge is 0.350 e. The zero-order valence-electron chi connectivity index (χ0n) is 15.4. The highest BCUT2D eigenvalue weighted by Crippen LogP contribution is 2.20. The molecular weight excluding hydrogens is 382 g/mol. The fraction of sp³-hybridized carbons (Fsp3) is 0.316. The maximum absolute atomic E-state index is 12.4. The molecule has 0 unspecified atom stereocenters. The quantitative estimate of drug-likeness (QED) is 0.629. The van der Waals surface area contributed by atoms with Crippen LogP contribution < -0.4 is 10.6 Å². The van der Waals surface area contributed by atoms with Gasteiger partial charge in [-0.25, -0.2) is 0 Å². The number of thiophene rings is 1. The Bertz CT molecular complexity index is 761. The van der Waals surface area contributed by atoms with Gasteiger partial charge in [0.05, 0.1) is 18.8 Å². The van der Waals surface area contributed by atoms with Crippen LogP contribution in [0.3, 0.4) is 0 Å². The maximum atomic E-state index is 12.4. The molecule has 1 aromatic heterocycles. The number of likely N-dealkylation sites (N-methyl/N-ethyl adjacent to an activating group) is 1. The minimum atomic E-state index is -0.164. The van der Waals surface area contributed by atoms with Crippen molar-refractivity contribution >= 4 is 46.5 Å². The van der Waals surface area contributed by atoms with Gasteiger partial charge in [0.25, 0.3) is 0 Å². The van der Waals surface area contributed by atoms with Crippen molar-refractivity contribution in [3.63, 3.8) is 0 Å². The first-order valence-corrected chi connectivity index (χ1v) is 10.4. The Hall–Kier alpha value is -2.32. The van der Waals surface area contributed by atoms with E-state index in [0.717, 1.165) is 15.5 Å². The Morgan fingerprint density at radius 3 is 2.48 bits per heavy atom. The van der Waals surface area contributed by atoms with Crippen LogP contribution in [0.4, 0.5) is 5.69 Å². The molecule has 1 aromatic carbocycles. The molecule has 0 bridgehead atoms. The normalized spacial score (nSPS) is 10.3. The van der Waals surface area contributed by atoms with Crippen molar-refractivity contribution in [2.75, 3.05) is 24.2 Å². The van der Waals surface area contributed by atoms with Gasteiger partial charge in [-0.3, -0.25) is 14.4 Å². The number of thioether (sulfide) groups is 1. The molecule has 0 saturated heterocycles. The molecule has 2 N–H and O–H groups in total. The lowest BCUT2D eigenvalue weighted by Crippen LogP contribution is -2.41. The predicted octanol–water partition coefficient (Wildman–Crippen LogP) is 2.96. The topological polar surface area (TPSA) is 78.5 Å². The molecule has 2 aromatic rings. The lowest BCUT2D eigenvalue weighted by Gasteiger charge is -2.20. The van der Waals surface area contributed by atoms with Crippen molar-refractivity contribution in [1.29, 1.82) is 0 Å². The third-order valence-electron chi connectivity index (χ3n) is 3.65. The van der Waals surface area contributed by atoms with Gasteiger partial charge in [-0.05, 0) is 42.6 Å². The van der Waals surface area contributed by atoms with Crippen molar-refractivity contribution < 1.29 is 14.4 Å². The zero-order valence-corrected chi connectivity index (χ0v) is 17.0. The number of nitrogens with one attached hydrogen (secondary N) is 2. The summed E-state index contributed by atoms with van der Waals surface area (Å²) in [6, 6.07) is 11.2. The fourth-order valence-electron chi connectivity index (χ4n) is 2.28. The number of hydrogen-bond donors (Lipinski definition) is 2. The van der Waals surface area contributed by atoms with E-state index in [2.05, 4.69) is 10.6 Å². The lowest BCUT2D eigenvalue weighted by atomic mass is 10.3. The Kier molecular flexibility index (Phi) is 8.35. The van der Waals surface area contributed by atoms with Gasteiger partial charge in [0.15, 0.2) is 0 Å². The highest BCUT2D eigenvalue weighted by atomic mass is 32.2. The van der Waals surface area contributed by atoms with E-state index >= 15 is 0 Å². The molecule has 0 aliphatic rings. The van der Waals surface area contributed by atoms with E-state index in [1.807, 2.05) is 36.6 Å². The van der Waals surface area contributed by atoms with Crippen molar-refractivity contribution in [3.8, 4) is 0 Å². The summed E-state index contributed by atoms with van der Waals surface area (Å²) in [6.07, 6.45) is 0. The first-order chi connectivity index (χ1) is 13.0. The average molecular weight is 406 g/mol. The number of benzene rings is 1. The third kappa shape index (κ3) is 7.44. The second kappa shape index (κ2) is 10.7. The van der Waals surface area contributed by atoms with Crippen molar-refractivity contribution in [2.24, 2.45) is 0 Å². The number of anilines is 1. The molecule has 144 valence electrons. The molecule has 6 nitrogen and oxygen atoms in total. The van der Waals surface area contributed by atoms with E-state index < -0.39 is 0 Å². The fourth-order valence-corrected chi connectivity index (χ4v) is 3.72. The molecule has 0 aliphatic heterocycles. The van der Waals surface area contributed by atoms with Crippen LogP contribution in [0.25, 0.3) is 0 Å². The van der Waals surface area contributed by atoms with Crippen molar-refractivity contribution in [1.82, 2.24) is 10.2 Å². The smallest absolute Gasteiger partial charge is 0.239 e. The molecule has 27 heavy (non-hydrogen) atoms. The van der Waals surface area contributed by atoms with Crippen LogP contribution in [0.2, 0.25) is 0 Å². The molecule has 2 rings (SSSR count). The number of amides is 3. The van der Waals surface area contributed by atoms with E-state index in [0.29, 0.717) is 13.1 Å². The highest BCUT2D eigenvalue weighted by Gasteiger charge is 2.15. The standard InChI is InChI=1S/C19H23N3O3S2/c1-3-22(12-18(24)20-11-17-5-4-10-26-17)19(25)13-27-16-8-6-15(7-9-16)21-14(2)23/h4-10H,3,11-13H2,1-2H3,(H,20,24)(H,21,23). The summed E-state index contributed by atoms with van der Waals surface area (Å²) in [5, 5.41) is 7.50. The summed E-state index contributed by atoms with van der Waals surface area (Å²) >= 11 is 2.99. The van der Waals surface area contributed by atoms with Gasteiger partial charge in [0.2, 0.25) is 17.7 Å². The second-order valence-corrected chi connectivity index (χ2v) is 7.84. The van der Waals surface area contributed by atoms with Gasteiger partial charge in [0.1, 0.15) is 0 Å². The minimum absolute atomic E-state index is 0.0583. The van der Waals surface area contributed by atoms with Crippen LogP contribution in [-0.2, 0) is 20.9 Å². The Labute approximate surface area is 167 Å². The van der Waals surface area contributed by atoms with Crippen LogP contribution in [0.5, 0.6) is 0 Å². The molecule has 0 aliphatic carbocycles. The van der Waals surface area contributed by atoms with Gasteiger partial charge in [0, 0.05) is 28.9 Å². The van der Waals surface area contributed by atoms with E-state index in [9.17, 15) is 14.4 Å². The number of carbonyl (C=O) groups excluding carboxylic acids is 3. The lowest BCUT2D eigenvalue weighted by molar-refractivity contribution is -0.133. The van der Waals surface area contributed by atoms with Gasteiger partial charge >= 0.3 is 0 Å². The molecular formula is C19H23N3O3S2. The van der Waals surface area contributed by atoms with E-state index in [4.69, 9.17) is 0 Å².